The summed E-state index contributed by atoms with van der Waals surface area (Å²) >= 11 is 8.34. The molecule has 2 N–H and O–H groups in total. The second-order valence-electron chi connectivity index (χ2n) is 2.55. The fourth-order valence-corrected chi connectivity index (χ4v) is 1.45. The van der Waals surface area contributed by atoms with E-state index in [1.54, 1.807) is 13.2 Å². The predicted octanol–water partition coefficient (Wildman–Crippen LogP) is 2.07. The van der Waals surface area contributed by atoms with Gasteiger partial charge in [0.25, 0.3) is 0 Å². The smallest absolute Gasteiger partial charge is 0.171 e. The van der Waals surface area contributed by atoms with Gasteiger partial charge in [-0.25, -0.2) is 4.98 Å². The lowest BCUT2D eigenvalue weighted by atomic mass is 10.3. The molecule has 0 saturated carbocycles. The van der Waals surface area contributed by atoms with Crippen molar-refractivity contribution in [2.45, 2.75) is 6.92 Å². The quantitative estimate of drug-likeness (QED) is 0.758. The van der Waals surface area contributed by atoms with Crippen LogP contribution >= 0.6 is 28.1 Å². The fourth-order valence-electron chi connectivity index (χ4n) is 0.796. The Morgan fingerprint density at radius 1 is 1.62 bits per heavy atom. The highest BCUT2D eigenvalue weighted by Gasteiger charge is 2.01. The van der Waals surface area contributed by atoms with Gasteiger partial charge in [0.2, 0.25) is 0 Å². The lowest BCUT2D eigenvalue weighted by Crippen LogP contribution is -2.24. The minimum atomic E-state index is 0.553. The summed E-state index contributed by atoms with van der Waals surface area (Å²) in [4.78, 5) is 4.18. The third kappa shape index (κ3) is 2.93. The van der Waals surface area contributed by atoms with E-state index >= 15 is 0 Å². The van der Waals surface area contributed by atoms with Gasteiger partial charge in [-0.05, 0) is 46.7 Å². The van der Waals surface area contributed by atoms with Crippen molar-refractivity contribution >= 4 is 39.1 Å². The van der Waals surface area contributed by atoms with Crippen molar-refractivity contribution in [1.29, 1.82) is 0 Å². The zero-order valence-electron chi connectivity index (χ0n) is 7.39. The monoisotopic (exact) mass is 259 g/mol. The van der Waals surface area contributed by atoms with Gasteiger partial charge in [0.1, 0.15) is 5.82 Å². The van der Waals surface area contributed by atoms with Gasteiger partial charge < -0.3 is 10.6 Å². The molecule has 0 saturated heterocycles. The molecule has 3 nitrogen and oxygen atoms in total. The number of anilines is 1. The third-order valence-corrected chi connectivity index (χ3v) is 2.35. The Labute approximate surface area is 91.1 Å². The van der Waals surface area contributed by atoms with Gasteiger partial charge in [-0.3, -0.25) is 0 Å². The predicted molar refractivity (Wildman–Crippen MR) is 62.0 cm³/mol. The summed E-state index contributed by atoms with van der Waals surface area (Å²) in [6.07, 6.45) is 1.78. The molecule has 1 rings (SSSR count). The molecule has 0 radical (unpaired) electrons. The summed E-state index contributed by atoms with van der Waals surface area (Å²) in [5.74, 6) is 0.727. The molecule has 0 atom stereocenters. The molecule has 0 aliphatic rings. The highest BCUT2D eigenvalue weighted by Crippen LogP contribution is 2.19. The summed E-state index contributed by atoms with van der Waals surface area (Å²) in [6, 6.07) is 1.98. The summed E-state index contributed by atoms with van der Waals surface area (Å²) in [7, 11) is 1.76. The second-order valence-corrected chi connectivity index (χ2v) is 3.81. The van der Waals surface area contributed by atoms with Crippen LogP contribution in [0.15, 0.2) is 16.7 Å². The summed E-state index contributed by atoms with van der Waals surface area (Å²) in [5.41, 5.74) is 1.10. The molecule has 0 fully saturated rings. The Hall–Kier alpha value is -0.680. The number of nitrogens with zero attached hydrogens (tertiary/aromatic N) is 1. The molecule has 70 valence electrons. The van der Waals surface area contributed by atoms with Gasteiger partial charge in [-0.1, -0.05) is 0 Å². The van der Waals surface area contributed by atoms with Gasteiger partial charge in [-0.2, -0.15) is 0 Å². The van der Waals surface area contributed by atoms with Gasteiger partial charge in [0.05, 0.1) is 4.47 Å². The SMILES string of the molecule is CNC(=S)Nc1ncc(C)cc1Br. The molecular weight excluding hydrogens is 250 g/mol. The van der Waals surface area contributed by atoms with Crippen molar-refractivity contribution < 1.29 is 0 Å². The van der Waals surface area contributed by atoms with E-state index in [2.05, 4.69) is 31.5 Å². The molecule has 0 aliphatic heterocycles. The normalized spacial score (nSPS) is 9.46. The number of hydrogen-bond acceptors (Lipinski definition) is 2. The largest absolute Gasteiger partial charge is 0.365 e. The molecule has 0 unspecified atom stereocenters. The number of thiocarbonyl (C=S) groups is 1. The van der Waals surface area contributed by atoms with E-state index in [-0.39, 0.29) is 0 Å². The number of aryl methyl sites for hydroxylation is 1. The number of pyridine rings is 1. The van der Waals surface area contributed by atoms with Crippen LogP contribution in [0.3, 0.4) is 0 Å². The van der Waals surface area contributed by atoms with Crippen molar-refractivity contribution in [1.82, 2.24) is 10.3 Å². The van der Waals surface area contributed by atoms with Gasteiger partial charge in [-0.15, -0.1) is 0 Å². The Balaban J connectivity index is 2.83. The average Bonchev–Trinajstić information content (AvgIpc) is 2.09. The zero-order valence-corrected chi connectivity index (χ0v) is 9.79. The lowest BCUT2D eigenvalue weighted by molar-refractivity contribution is 1.18. The Kier molecular flexibility index (Phi) is 3.62. The van der Waals surface area contributed by atoms with E-state index in [0.717, 1.165) is 15.9 Å². The van der Waals surface area contributed by atoms with Crippen LogP contribution in [-0.4, -0.2) is 17.1 Å². The van der Waals surface area contributed by atoms with Gasteiger partial charge in [0, 0.05) is 13.2 Å². The van der Waals surface area contributed by atoms with Crippen LogP contribution in [0.1, 0.15) is 5.56 Å². The molecule has 0 aliphatic carbocycles. The van der Waals surface area contributed by atoms with Crippen LogP contribution in [0.5, 0.6) is 0 Å². The topological polar surface area (TPSA) is 37.0 Å². The minimum absolute atomic E-state index is 0.553. The Bertz CT molecular complexity index is 327. The van der Waals surface area contributed by atoms with Crippen molar-refractivity contribution in [3.8, 4) is 0 Å². The molecule has 0 amide bonds. The van der Waals surface area contributed by atoms with E-state index in [0.29, 0.717) is 5.11 Å². The minimum Gasteiger partial charge on any atom is -0.365 e. The van der Waals surface area contributed by atoms with Gasteiger partial charge in [0.15, 0.2) is 5.11 Å². The van der Waals surface area contributed by atoms with E-state index in [1.807, 2.05) is 13.0 Å². The van der Waals surface area contributed by atoms with Crippen molar-refractivity contribution in [2.24, 2.45) is 0 Å². The zero-order chi connectivity index (χ0) is 9.84. The van der Waals surface area contributed by atoms with Crippen LogP contribution < -0.4 is 10.6 Å². The molecular formula is C8H10BrN3S. The number of rotatable bonds is 1. The summed E-state index contributed by atoms with van der Waals surface area (Å²) in [6.45, 7) is 1.98. The van der Waals surface area contributed by atoms with E-state index in [4.69, 9.17) is 12.2 Å². The highest BCUT2D eigenvalue weighted by molar-refractivity contribution is 9.10. The Morgan fingerprint density at radius 3 is 2.85 bits per heavy atom. The van der Waals surface area contributed by atoms with E-state index in [9.17, 15) is 0 Å². The van der Waals surface area contributed by atoms with Crippen molar-refractivity contribution in [2.75, 3.05) is 12.4 Å². The fraction of sp³-hybridized carbons (Fsp3) is 0.250. The maximum atomic E-state index is 4.95. The molecule has 5 heteroatoms. The standard InChI is InChI=1S/C8H10BrN3S/c1-5-3-6(9)7(11-4-5)12-8(13)10-2/h3-4H,1-2H3,(H2,10,11,12,13). The first-order valence-electron chi connectivity index (χ1n) is 3.74. The average molecular weight is 260 g/mol. The third-order valence-electron chi connectivity index (χ3n) is 1.44. The van der Waals surface area contributed by atoms with Crippen LogP contribution in [0.4, 0.5) is 5.82 Å². The maximum Gasteiger partial charge on any atom is 0.171 e. The summed E-state index contributed by atoms with van der Waals surface area (Å²) < 4.78 is 0.908. The summed E-state index contributed by atoms with van der Waals surface area (Å²) in [5, 5.41) is 6.32. The lowest BCUT2D eigenvalue weighted by Gasteiger charge is -2.07. The molecule has 1 aromatic heterocycles. The number of aromatic nitrogens is 1. The maximum absolute atomic E-state index is 4.95. The van der Waals surface area contributed by atoms with E-state index in [1.165, 1.54) is 0 Å². The van der Waals surface area contributed by atoms with Crippen molar-refractivity contribution in [3.05, 3.63) is 22.3 Å². The Morgan fingerprint density at radius 2 is 2.31 bits per heavy atom. The number of hydrogen-bond donors (Lipinski definition) is 2. The van der Waals surface area contributed by atoms with E-state index < -0.39 is 0 Å². The first kappa shape index (κ1) is 10.4. The molecule has 13 heavy (non-hydrogen) atoms. The first-order valence-corrected chi connectivity index (χ1v) is 4.94. The number of halogens is 1. The molecule has 1 aromatic rings. The van der Waals surface area contributed by atoms with Crippen molar-refractivity contribution in [3.63, 3.8) is 0 Å². The second kappa shape index (κ2) is 4.53. The molecule has 0 aromatic carbocycles. The van der Waals surface area contributed by atoms with Crippen LogP contribution in [0.2, 0.25) is 0 Å². The number of nitrogens with one attached hydrogen (secondary N) is 2. The van der Waals surface area contributed by atoms with Crippen LogP contribution in [-0.2, 0) is 0 Å². The van der Waals surface area contributed by atoms with Gasteiger partial charge >= 0.3 is 0 Å². The molecule has 1 heterocycles. The van der Waals surface area contributed by atoms with Crippen LogP contribution in [0, 0.1) is 6.92 Å². The molecule has 0 bridgehead atoms. The van der Waals surface area contributed by atoms with Crippen LogP contribution in [0.25, 0.3) is 0 Å². The first-order chi connectivity index (χ1) is 6.13. The highest BCUT2D eigenvalue weighted by atomic mass is 79.9. The molecule has 0 spiro atoms.